The summed E-state index contributed by atoms with van der Waals surface area (Å²) in [6, 6.07) is 6.99. The van der Waals surface area contributed by atoms with Gasteiger partial charge in [-0.3, -0.25) is 0 Å². The molecule has 1 fully saturated rings. The van der Waals surface area contributed by atoms with Gasteiger partial charge in [0.05, 0.1) is 6.61 Å². The number of epoxide rings is 1. The fourth-order valence-electron chi connectivity index (χ4n) is 1.51. The van der Waals surface area contributed by atoms with Crippen LogP contribution in [0.3, 0.4) is 0 Å². The lowest BCUT2D eigenvalue weighted by atomic mass is 9.90. The predicted molar refractivity (Wildman–Crippen MR) is 46.1 cm³/mol. The standard InChI is InChI=1S/C10H9F3O2/c11-10(12,13)9(14,8-6-15-8)7-4-2-1-3-5-7/h1-5,8,14H,6H2/t8-,9-/m1/s1. The summed E-state index contributed by atoms with van der Waals surface area (Å²) in [4.78, 5) is 0. The summed E-state index contributed by atoms with van der Waals surface area (Å²) in [5.41, 5.74) is -3.06. The van der Waals surface area contributed by atoms with Crippen LogP contribution in [0.5, 0.6) is 0 Å². The van der Waals surface area contributed by atoms with Gasteiger partial charge in [0.15, 0.2) is 0 Å². The van der Waals surface area contributed by atoms with Crippen molar-refractivity contribution >= 4 is 0 Å². The number of benzene rings is 1. The number of hydrogen-bond donors (Lipinski definition) is 1. The molecule has 5 heteroatoms. The Bertz CT molecular complexity index is 345. The van der Waals surface area contributed by atoms with Crippen LogP contribution in [0, 0.1) is 0 Å². The van der Waals surface area contributed by atoms with Crippen LogP contribution in [0.25, 0.3) is 0 Å². The van der Waals surface area contributed by atoms with E-state index in [1.807, 2.05) is 0 Å². The molecule has 1 aliphatic rings. The van der Waals surface area contributed by atoms with Crippen molar-refractivity contribution < 1.29 is 23.0 Å². The van der Waals surface area contributed by atoms with Gasteiger partial charge in [-0.2, -0.15) is 13.2 Å². The second kappa shape index (κ2) is 3.21. The molecular formula is C10H9F3O2. The van der Waals surface area contributed by atoms with Crippen molar-refractivity contribution in [2.24, 2.45) is 0 Å². The highest BCUT2D eigenvalue weighted by Crippen LogP contribution is 2.46. The average Bonchev–Trinajstić information content (AvgIpc) is 2.99. The summed E-state index contributed by atoms with van der Waals surface area (Å²) >= 11 is 0. The van der Waals surface area contributed by atoms with Gasteiger partial charge in [-0.25, -0.2) is 0 Å². The van der Waals surface area contributed by atoms with Crippen LogP contribution in [0.15, 0.2) is 30.3 Å². The van der Waals surface area contributed by atoms with Gasteiger partial charge in [0.25, 0.3) is 0 Å². The van der Waals surface area contributed by atoms with Gasteiger partial charge in [-0.05, 0) is 5.56 Å². The summed E-state index contributed by atoms with van der Waals surface area (Å²) in [6.45, 7) is -0.0646. The number of alkyl halides is 3. The fraction of sp³-hybridized carbons (Fsp3) is 0.400. The average molecular weight is 218 g/mol. The molecule has 0 unspecified atom stereocenters. The van der Waals surface area contributed by atoms with Crippen molar-refractivity contribution in [1.82, 2.24) is 0 Å². The molecule has 1 aliphatic heterocycles. The van der Waals surface area contributed by atoms with Gasteiger partial charge >= 0.3 is 6.18 Å². The van der Waals surface area contributed by atoms with Gasteiger partial charge in [-0.15, -0.1) is 0 Å². The molecule has 0 amide bonds. The summed E-state index contributed by atoms with van der Waals surface area (Å²) in [5.74, 6) is 0. The Balaban J connectivity index is 2.44. The second-order valence-electron chi connectivity index (χ2n) is 3.45. The molecule has 1 aromatic rings. The maximum absolute atomic E-state index is 12.8. The molecule has 1 saturated heterocycles. The Morgan fingerprint density at radius 3 is 2.13 bits per heavy atom. The zero-order valence-electron chi connectivity index (χ0n) is 7.66. The molecule has 0 radical (unpaired) electrons. The van der Waals surface area contributed by atoms with Crippen molar-refractivity contribution in [1.29, 1.82) is 0 Å². The van der Waals surface area contributed by atoms with E-state index in [0.29, 0.717) is 0 Å². The van der Waals surface area contributed by atoms with E-state index in [1.165, 1.54) is 24.3 Å². The number of halogens is 3. The topological polar surface area (TPSA) is 32.8 Å². The van der Waals surface area contributed by atoms with Gasteiger partial charge in [-0.1, -0.05) is 30.3 Å². The molecule has 1 N–H and O–H groups in total. The predicted octanol–water partition coefficient (Wildman–Crippen LogP) is 1.84. The fourth-order valence-corrected chi connectivity index (χ4v) is 1.51. The summed E-state index contributed by atoms with van der Waals surface area (Å²) < 4.78 is 42.8. The normalized spacial score (nSPS) is 24.7. The molecule has 2 nitrogen and oxygen atoms in total. The highest BCUT2D eigenvalue weighted by molar-refractivity contribution is 5.27. The van der Waals surface area contributed by atoms with E-state index in [4.69, 9.17) is 0 Å². The van der Waals surface area contributed by atoms with Gasteiger partial charge < -0.3 is 9.84 Å². The molecule has 0 saturated carbocycles. The van der Waals surface area contributed by atoms with Crippen molar-refractivity contribution in [3.63, 3.8) is 0 Å². The Morgan fingerprint density at radius 2 is 1.73 bits per heavy atom. The minimum Gasteiger partial charge on any atom is -0.374 e. The molecule has 1 aromatic carbocycles. The third-order valence-corrected chi connectivity index (χ3v) is 2.45. The third-order valence-electron chi connectivity index (χ3n) is 2.45. The number of hydrogen-bond acceptors (Lipinski definition) is 2. The summed E-state index contributed by atoms with van der Waals surface area (Å²) in [5, 5.41) is 9.71. The Kier molecular flexibility index (Phi) is 2.24. The molecule has 1 heterocycles. The monoisotopic (exact) mass is 218 g/mol. The lowest BCUT2D eigenvalue weighted by Gasteiger charge is -2.29. The highest BCUT2D eigenvalue weighted by atomic mass is 19.4. The van der Waals surface area contributed by atoms with E-state index >= 15 is 0 Å². The minimum absolute atomic E-state index is 0.0646. The number of aliphatic hydroxyl groups is 1. The maximum Gasteiger partial charge on any atom is 0.424 e. The van der Waals surface area contributed by atoms with E-state index in [0.717, 1.165) is 0 Å². The first-order valence-corrected chi connectivity index (χ1v) is 4.42. The van der Waals surface area contributed by atoms with Gasteiger partial charge in [0.2, 0.25) is 5.60 Å². The van der Waals surface area contributed by atoms with Crippen molar-refractivity contribution in [2.45, 2.75) is 17.9 Å². The lowest BCUT2D eigenvalue weighted by molar-refractivity contribution is -0.273. The SMILES string of the molecule is O[C@](c1ccccc1)([C@H]1CO1)C(F)(F)F. The maximum atomic E-state index is 12.8. The molecule has 82 valence electrons. The zero-order chi connectivity index (χ0) is 11.1. The quantitative estimate of drug-likeness (QED) is 0.768. The molecule has 0 bridgehead atoms. The molecular weight excluding hydrogens is 209 g/mol. The van der Waals surface area contributed by atoms with E-state index in [-0.39, 0.29) is 12.2 Å². The molecule has 0 aliphatic carbocycles. The zero-order valence-corrected chi connectivity index (χ0v) is 7.66. The first-order valence-electron chi connectivity index (χ1n) is 4.42. The number of rotatable bonds is 2. The molecule has 2 atom stereocenters. The van der Waals surface area contributed by atoms with Crippen molar-refractivity contribution in [3.8, 4) is 0 Å². The Hall–Kier alpha value is -1.07. The summed E-state index contributed by atoms with van der Waals surface area (Å²) in [7, 11) is 0. The van der Waals surface area contributed by atoms with Crippen LogP contribution in [0.1, 0.15) is 5.56 Å². The summed E-state index contributed by atoms with van der Waals surface area (Å²) in [6.07, 6.45) is -5.91. The van der Waals surface area contributed by atoms with E-state index in [9.17, 15) is 18.3 Å². The van der Waals surface area contributed by atoms with Crippen LogP contribution >= 0.6 is 0 Å². The molecule has 0 spiro atoms. The number of ether oxygens (including phenoxy) is 1. The smallest absolute Gasteiger partial charge is 0.374 e. The van der Waals surface area contributed by atoms with Crippen LogP contribution in [-0.2, 0) is 10.3 Å². The van der Waals surface area contributed by atoms with E-state index in [2.05, 4.69) is 4.74 Å². The van der Waals surface area contributed by atoms with Gasteiger partial charge in [0, 0.05) is 0 Å². The first-order chi connectivity index (χ1) is 6.96. The van der Waals surface area contributed by atoms with E-state index in [1.54, 1.807) is 6.07 Å². The highest BCUT2D eigenvalue weighted by Gasteiger charge is 2.64. The van der Waals surface area contributed by atoms with Crippen molar-refractivity contribution in [2.75, 3.05) is 6.61 Å². The largest absolute Gasteiger partial charge is 0.424 e. The molecule has 0 aromatic heterocycles. The van der Waals surface area contributed by atoms with Crippen LogP contribution in [0.4, 0.5) is 13.2 Å². The lowest BCUT2D eigenvalue weighted by Crippen LogP contribution is -2.47. The minimum atomic E-state index is -4.73. The van der Waals surface area contributed by atoms with E-state index < -0.39 is 17.9 Å². The van der Waals surface area contributed by atoms with Crippen LogP contribution in [-0.4, -0.2) is 24.0 Å². The van der Waals surface area contributed by atoms with Crippen LogP contribution < -0.4 is 0 Å². The Labute approximate surface area is 84.3 Å². The molecule has 2 rings (SSSR count). The Morgan fingerprint density at radius 1 is 1.20 bits per heavy atom. The third kappa shape index (κ3) is 1.61. The molecule has 15 heavy (non-hydrogen) atoms. The van der Waals surface area contributed by atoms with Gasteiger partial charge in [0.1, 0.15) is 6.10 Å². The first kappa shape index (κ1) is 10.4. The van der Waals surface area contributed by atoms with Crippen molar-refractivity contribution in [3.05, 3.63) is 35.9 Å². The van der Waals surface area contributed by atoms with Crippen LogP contribution in [0.2, 0.25) is 0 Å². The second-order valence-corrected chi connectivity index (χ2v) is 3.45.